The molecule has 9 heteroatoms. The molecule has 0 unspecified atom stereocenters. The molecule has 2 aromatic heterocycles. The van der Waals surface area contributed by atoms with Crippen molar-refractivity contribution in [1.82, 2.24) is 25.6 Å². The summed E-state index contributed by atoms with van der Waals surface area (Å²) < 4.78 is 5.36. The standard InChI is InChI=1S/C25H24N6O3/c1-3-27-22(10-11-26)31-24(33)16-6-8-19-20(14-16)30-23(29-19)18-13-15(7-9-21(18)32)17-5-4-12-28-25(17)34-2/h4-14,26-27,32H,3H2,1-2H3,(H,29,30)(H,31,33)/b22-10+,26-11?. The van der Waals surface area contributed by atoms with Crippen LogP contribution in [0, 0.1) is 5.41 Å². The molecule has 5 N–H and O–H groups in total. The van der Waals surface area contributed by atoms with E-state index in [1.165, 1.54) is 6.08 Å². The number of imidazole rings is 1. The van der Waals surface area contributed by atoms with Crippen molar-refractivity contribution in [2.45, 2.75) is 6.92 Å². The Morgan fingerprint density at radius 3 is 2.82 bits per heavy atom. The van der Waals surface area contributed by atoms with E-state index in [1.807, 2.05) is 25.1 Å². The summed E-state index contributed by atoms with van der Waals surface area (Å²) in [6.45, 7) is 2.51. The number of benzene rings is 2. The molecule has 34 heavy (non-hydrogen) atoms. The van der Waals surface area contributed by atoms with E-state index in [1.54, 1.807) is 43.6 Å². The van der Waals surface area contributed by atoms with E-state index in [9.17, 15) is 9.90 Å². The summed E-state index contributed by atoms with van der Waals surface area (Å²) in [6, 6.07) is 14.0. The number of amides is 1. The molecule has 1 amide bonds. The Morgan fingerprint density at radius 2 is 2.06 bits per heavy atom. The highest BCUT2D eigenvalue weighted by Crippen LogP contribution is 2.35. The van der Waals surface area contributed by atoms with Gasteiger partial charge in [0.2, 0.25) is 5.88 Å². The highest BCUT2D eigenvalue weighted by Gasteiger charge is 2.15. The van der Waals surface area contributed by atoms with Gasteiger partial charge in [-0.3, -0.25) is 4.79 Å². The summed E-state index contributed by atoms with van der Waals surface area (Å²) in [7, 11) is 1.56. The summed E-state index contributed by atoms with van der Waals surface area (Å²) >= 11 is 0. The molecule has 0 aliphatic carbocycles. The molecule has 2 aromatic carbocycles. The number of allylic oxidation sites excluding steroid dienone is 1. The Labute approximate surface area is 196 Å². The average Bonchev–Trinajstić information content (AvgIpc) is 3.28. The monoisotopic (exact) mass is 456 g/mol. The number of fused-ring (bicyclic) bond motifs is 1. The fraction of sp³-hybridized carbons (Fsp3) is 0.120. The molecule has 0 saturated heterocycles. The zero-order chi connectivity index (χ0) is 24.1. The van der Waals surface area contributed by atoms with Crippen molar-refractivity contribution in [2.75, 3.05) is 13.7 Å². The minimum absolute atomic E-state index is 0.0655. The number of hydrogen-bond donors (Lipinski definition) is 5. The second kappa shape index (κ2) is 9.86. The van der Waals surface area contributed by atoms with Crippen LogP contribution in [0.5, 0.6) is 11.6 Å². The van der Waals surface area contributed by atoms with Crippen molar-refractivity contribution < 1.29 is 14.6 Å². The fourth-order valence-corrected chi connectivity index (χ4v) is 3.55. The van der Waals surface area contributed by atoms with Crippen LogP contribution >= 0.6 is 0 Å². The Kier molecular flexibility index (Phi) is 6.54. The van der Waals surface area contributed by atoms with Gasteiger partial charge in [-0.05, 0) is 61.0 Å². The second-order valence-electron chi connectivity index (χ2n) is 7.34. The molecule has 0 fully saturated rings. The van der Waals surface area contributed by atoms with Gasteiger partial charge in [-0.25, -0.2) is 9.97 Å². The smallest absolute Gasteiger partial charge is 0.256 e. The minimum Gasteiger partial charge on any atom is -0.507 e. The lowest BCUT2D eigenvalue weighted by molar-refractivity contribution is 0.0963. The van der Waals surface area contributed by atoms with E-state index in [4.69, 9.17) is 10.1 Å². The van der Waals surface area contributed by atoms with Crippen LogP contribution in [0.25, 0.3) is 33.5 Å². The number of hydrogen-bond acceptors (Lipinski definition) is 7. The number of ether oxygens (including phenoxy) is 1. The molecule has 9 nitrogen and oxygen atoms in total. The van der Waals surface area contributed by atoms with Crippen LogP contribution in [0.2, 0.25) is 0 Å². The number of aromatic nitrogens is 3. The lowest BCUT2D eigenvalue weighted by Crippen LogP contribution is -2.31. The molecular formula is C25H24N6O3. The molecule has 0 aliphatic rings. The molecule has 4 aromatic rings. The SMILES string of the molecule is CCN/C(=C\C=N)NC(=O)c1ccc2[nH]c(-c3cc(-c4cccnc4OC)ccc3O)nc2c1. The van der Waals surface area contributed by atoms with E-state index in [0.29, 0.717) is 40.7 Å². The quantitative estimate of drug-likeness (QED) is 0.256. The van der Waals surface area contributed by atoms with Crippen LogP contribution in [0.1, 0.15) is 17.3 Å². The average molecular weight is 457 g/mol. The summed E-state index contributed by atoms with van der Waals surface area (Å²) in [5.41, 5.74) is 3.82. The zero-order valence-corrected chi connectivity index (χ0v) is 18.7. The molecule has 4 rings (SSSR count). The lowest BCUT2D eigenvalue weighted by atomic mass is 10.0. The minimum atomic E-state index is -0.325. The van der Waals surface area contributed by atoms with Gasteiger partial charge in [0.05, 0.1) is 23.7 Å². The molecule has 2 heterocycles. The Morgan fingerprint density at radius 1 is 1.21 bits per heavy atom. The van der Waals surface area contributed by atoms with Crippen molar-refractivity contribution in [2.24, 2.45) is 0 Å². The Bertz CT molecular complexity index is 1390. The molecule has 0 atom stereocenters. The van der Waals surface area contributed by atoms with Crippen LogP contribution in [-0.4, -0.2) is 45.8 Å². The van der Waals surface area contributed by atoms with E-state index < -0.39 is 0 Å². The van der Waals surface area contributed by atoms with Gasteiger partial charge in [0, 0.05) is 30.1 Å². The predicted octanol–water partition coefficient (Wildman–Crippen LogP) is 3.84. The molecule has 0 saturated carbocycles. The van der Waals surface area contributed by atoms with Gasteiger partial charge in [0.1, 0.15) is 17.4 Å². The predicted molar refractivity (Wildman–Crippen MR) is 131 cm³/mol. The van der Waals surface area contributed by atoms with E-state index >= 15 is 0 Å². The van der Waals surface area contributed by atoms with Crippen molar-refractivity contribution in [1.29, 1.82) is 5.41 Å². The van der Waals surface area contributed by atoms with Gasteiger partial charge >= 0.3 is 0 Å². The lowest BCUT2D eigenvalue weighted by Gasteiger charge is -2.10. The molecule has 172 valence electrons. The number of methoxy groups -OCH3 is 1. The van der Waals surface area contributed by atoms with Gasteiger partial charge < -0.3 is 30.9 Å². The van der Waals surface area contributed by atoms with Gasteiger partial charge in [-0.2, -0.15) is 0 Å². The number of rotatable bonds is 8. The highest BCUT2D eigenvalue weighted by atomic mass is 16.5. The number of nitrogens with zero attached hydrogens (tertiary/aromatic N) is 2. The molecular weight excluding hydrogens is 432 g/mol. The molecule has 0 bridgehead atoms. The van der Waals surface area contributed by atoms with Gasteiger partial charge in [0.25, 0.3) is 5.91 Å². The molecule has 0 radical (unpaired) electrons. The number of carbonyl (C=O) groups is 1. The third-order valence-corrected chi connectivity index (χ3v) is 5.14. The van der Waals surface area contributed by atoms with Gasteiger partial charge in [-0.15, -0.1) is 0 Å². The first-order valence-electron chi connectivity index (χ1n) is 10.6. The largest absolute Gasteiger partial charge is 0.507 e. The van der Waals surface area contributed by atoms with E-state index in [-0.39, 0.29) is 11.7 Å². The topological polar surface area (TPSA) is 136 Å². The maximum Gasteiger partial charge on any atom is 0.256 e. The fourth-order valence-electron chi connectivity index (χ4n) is 3.55. The first-order chi connectivity index (χ1) is 16.5. The van der Waals surface area contributed by atoms with Crippen molar-refractivity contribution in [3.05, 3.63) is 72.2 Å². The number of aromatic amines is 1. The first kappa shape index (κ1) is 22.5. The second-order valence-corrected chi connectivity index (χ2v) is 7.34. The number of H-pyrrole nitrogens is 1. The normalized spacial score (nSPS) is 11.3. The van der Waals surface area contributed by atoms with Crippen molar-refractivity contribution in [3.63, 3.8) is 0 Å². The number of pyridine rings is 1. The van der Waals surface area contributed by atoms with Crippen molar-refractivity contribution in [3.8, 4) is 34.1 Å². The van der Waals surface area contributed by atoms with Crippen LogP contribution in [0.3, 0.4) is 0 Å². The van der Waals surface area contributed by atoms with Gasteiger partial charge in [-0.1, -0.05) is 6.07 Å². The van der Waals surface area contributed by atoms with E-state index in [0.717, 1.165) is 22.9 Å². The van der Waals surface area contributed by atoms with Crippen LogP contribution in [-0.2, 0) is 0 Å². The molecule has 0 spiro atoms. The summed E-state index contributed by atoms with van der Waals surface area (Å²) in [5, 5.41) is 23.5. The summed E-state index contributed by atoms with van der Waals surface area (Å²) in [4.78, 5) is 24.7. The van der Waals surface area contributed by atoms with Crippen LogP contribution < -0.4 is 15.4 Å². The van der Waals surface area contributed by atoms with Gasteiger partial charge in [0.15, 0.2) is 0 Å². The molecule has 0 aliphatic heterocycles. The van der Waals surface area contributed by atoms with Crippen LogP contribution in [0.15, 0.2) is 66.6 Å². The number of carbonyl (C=O) groups excluding carboxylic acids is 1. The number of nitrogens with one attached hydrogen (secondary N) is 4. The zero-order valence-electron chi connectivity index (χ0n) is 18.7. The van der Waals surface area contributed by atoms with Crippen LogP contribution in [0.4, 0.5) is 0 Å². The Hall–Kier alpha value is -4.66. The highest BCUT2D eigenvalue weighted by molar-refractivity contribution is 5.99. The van der Waals surface area contributed by atoms with Crippen molar-refractivity contribution >= 4 is 23.2 Å². The maximum absolute atomic E-state index is 12.7. The summed E-state index contributed by atoms with van der Waals surface area (Å²) in [5.74, 6) is 1.13. The van der Waals surface area contributed by atoms with E-state index in [2.05, 4.69) is 25.6 Å². The number of aromatic hydroxyl groups is 1. The first-order valence-corrected chi connectivity index (χ1v) is 10.6. The number of phenolic OH excluding ortho intramolecular Hbond substituents is 1. The summed E-state index contributed by atoms with van der Waals surface area (Å²) in [6.07, 6.45) is 4.22. The maximum atomic E-state index is 12.7. The Balaban J connectivity index is 1.68. The third-order valence-electron chi connectivity index (χ3n) is 5.14. The third kappa shape index (κ3) is 4.58. The number of phenols is 1.